The first-order valence-electron chi connectivity index (χ1n) is 8.99. The fraction of sp³-hybridized carbons (Fsp3) is 0.632. The van der Waals surface area contributed by atoms with Crippen LogP contribution in [0, 0.1) is 5.92 Å². The summed E-state index contributed by atoms with van der Waals surface area (Å²) in [6.07, 6.45) is 3.62. The molecule has 0 aliphatic carbocycles. The maximum absolute atomic E-state index is 12.3. The van der Waals surface area contributed by atoms with Crippen LogP contribution in [0.5, 0.6) is 0 Å². The smallest absolute Gasteiger partial charge is 0.252 e. The summed E-state index contributed by atoms with van der Waals surface area (Å²) < 4.78 is 0. The van der Waals surface area contributed by atoms with Crippen molar-refractivity contribution in [2.45, 2.75) is 44.8 Å². The van der Waals surface area contributed by atoms with Crippen LogP contribution < -0.4 is 10.2 Å². The summed E-state index contributed by atoms with van der Waals surface area (Å²) in [6, 6.07) is 8.44. The zero-order valence-corrected chi connectivity index (χ0v) is 15.3. The van der Waals surface area contributed by atoms with Gasteiger partial charge in [-0.25, -0.2) is 0 Å². The standard InChI is InChI=1S/C19H28N2O2S/c1-15-6-10-21(11-7-15)17-4-2-16(3-5-17)14-20-18(22)19(23)8-12-24-13-9-19/h2-5,15,23H,6-14H2,1H3,(H,20,22). The Labute approximate surface area is 149 Å². The van der Waals surface area contributed by atoms with Gasteiger partial charge in [-0.15, -0.1) is 0 Å². The first kappa shape index (κ1) is 17.6. The molecule has 0 unspecified atom stereocenters. The van der Waals surface area contributed by atoms with Crippen molar-refractivity contribution in [2.75, 3.05) is 29.5 Å². The van der Waals surface area contributed by atoms with E-state index in [0.29, 0.717) is 19.4 Å². The van der Waals surface area contributed by atoms with E-state index in [2.05, 4.69) is 41.4 Å². The first-order valence-corrected chi connectivity index (χ1v) is 10.1. The van der Waals surface area contributed by atoms with Crippen LogP contribution in [0.15, 0.2) is 24.3 Å². The van der Waals surface area contributed by atoms with E-state index in [9.17, 15) is 9.90 Å². The summed E-state index contributed by atoms with van der Waals surface area (Å²) in [6.45, 7) is 5.05. The van der Waals surface area contributed by atoms with Gasteiger partial charge in [0.05, 0.1) is 0 Å². The Bertz CT molecular complexity index is 547. The second-order valence-electron chi connectivity index (χ2n) is 7.16. The van der Waals surface area contributed by atoms with E-state index in [1.807, 2.05) is 0 Å². The average molecular weight is 349 g/mol. The highest BCUT2D eigenvalue weighted by Gasteiger charge is 2.37. The molecular weight excluding hydrogens is 320 g/mol. The Morgan fingerprint density at radius 2 is 1.88 bits per heavy atom. The highest BCUT2D eigenvalue weighted by atomic mass is 32.2. The topological polar surface area (TPSA) is 52.6 Å². The zero-order chi connectivity index (χ0) is 17.0. The molecule has 4 nitrogen and oxygen atoms in total. The van der Waals surface area contributed by atoms with E-state index >= 15 is 0 Å². The number of carbonyl (C=O) groups is 1. The van der Waals surface area contributed by atoms with Crippen LogP contribution in [-0.4, -0.2) is 41.2 Å². The number of nitrogens with zero attached hydrogens (tertiary/aromatic N) is 1. The molecule has 1 aromatic rings. The summed E-state index contributed by atoms with van der Waals surface area (Å²) in [4.78, 5) is 14.7. The van der Waals surface area contributed by atoms with Crippen molar-refractivity contribution < 1.29 is 9.90 Å². The van der Waals surface area contributed by atoms with Gasteiger partial charge in [0.1, 0.15) is 5.60 Å². The molecular formula is C19H28N2O2S. The van der Waals surface area contributed by atoms with Crippen LogP contribution in [0.4, 0.5) is 5.69 Å². The Kier molecular flexibility index (Phi) is 5.72. The van der Waals surface area contributed by atoms with Crippen LogP contribution in [0.2, 0.25) is 0 Å². The molecule has 2 aliphatic rings. The molecule has 0 radical (unpaired) electrons. The van der Waals surface area contributed by atoms with Crippen molar-refractivity contribution in [1.82, 2.24) is 5.32 Å². The Morgan fingerprint density at radius 3 is 2.50 bits per heavy atom. The van der Waals surface area contributed by atoms with E-state index in [1.165, 1.54) is 18.5 Å². The molecule has 2 N–H and O–H groups in total. The number of nitrogens with one attached hydrogen (secondary N) is 1. The number of hydrogen-bond acceptors (Lipinski definition) is 4. The number of piperidine rings is 1. The van der Waals surface area contributed by atoms with Gasteiger partial charge in [-0.05, 0) is 60.8 Å². The van der Waals surface area contributed by atoms with Crippen LogP contribution in [0.1, 0.15) is 38.2 Å². The summed E-state index contributed by atoms with van der Waals surface area (Å²) in [5, 5.41) is 13.3. The molecule has 1 amide bonds. The van der Waals surface area contributed by atoms with Gasteiger partial charge in [0, 0.05) is 25.3 Å². The third-order valence-electron chi connectivity index (χ3n) is 5.28. The molecule has 2 heterocycles. The number of aliphatic hydroxyl groups is 1. The number of benzene rings is 1. The molecule has 24 heavy (non-hydrogen) atoms. The fourth-order valence-corrected chi connectivity index (χ4v) is 4.54. The van der Waals surface area contributed by atoms with Crippen LogP contribution in [0.3, 0.4) is 0 Å². The number of rotatable bonds is 4. The molecule has 2 saturated heterocycles. The van der Waals surface area contributed by atoms with E-state index in [4.69, 9.17) is 0 Å². The molecule has 0 saturated carbocycles. The van der Waals surface area contributed by atoms with Gasteiger partial charge in [0.2, 0.25) is 0 Å². The zero-order valence-electron chi connectivity index (χ0n) is 14.5. The number of anilines is 1. The maximum Gasteiger partial charge on any atom is 0.252 e. The second kappa shape index (κ2) is 7.79. The number of thioether (sulfide) groups is 1. The van der Waals surface area contributed by atoms with Crippen molar-refractivity contribution in [3.8, 4) is 0 Å². The third kappa shape index (κ3) is 4.25. The van der Waals surface area contributed by atoms with E-state index < -0.39 is 5.60 Å². The number of hydrogen-bond donors (Lipinski definition) is 2. The lowest BCUT2D eigenvalue weighted by molar-refractivity contribution is -0.140. The van der Waals surface area contributed by atoms with Gasteiger partial charge in [-0.3, -0.25) is 4.79 Å². The lowest BCUT2D eigenvalue weighted by atomic mass is 9.95. The predicted molar refractivity (Wildman–Crippen MR) is 100 cm³/mol. The molecule has 2 fully saturated rings. The summed E-state index contributed by atoms with van der Waals surface area (Å²) >= 11 is 1.80. The predicted octanol–water partition coefficient (Wildman–Crippen LogP) is 2.80. The number of amides is 1. The van der Waals surface area contributed by atoms with Gasteiger partial charge in [0.25, 0.3) is 5.91 Å². The first-order chi connectivity index (χ1) is 11.6. The van der Waals surface area contributed by atoms with Crippen molar-refractivity contribution >= 4 is 23.4 Å². The molecule has 1 aromatic carbocycles. The quantitative estimate of drug-likeness (QED) is 0.878. The van der Waals surface area contributed by atoms with Gasteiger partial charge >= 0.3 is 0 Å². The maximum atomic E-state index is 12.3. The van der Waals surface area contributed by atoms with Crippen LogP contribution in [-0.2, 0) is 11.3 Å². The molecule has 5 heteroatoms. The van der Waals surface area contributed by atoms with Gasteiger partial charge < -0.3 is 15.3 Å². The largest absolute Gasteiger partial charge is 0.380 e. The monoisotopic (exact) mass is 348 g/mol. The van der Waals surface area contributed by atoms with Crippen LogP contribution in [0.25, 0.3) is 0 Å². The Balaban J connectivity index is 1.52. The highest BCUT2D eigenvalue weighted by Crippen LogP contribution is 2.27. The summed E-state index contributed by atoms with van der Waals surface area (Å²) in [5.74, 6) is 2.32. The Hall–Kier alpha value is -1.20. The SMILES string of the molecule is CC1CCN(c2ccc(CNC(=O)C3(O)CCSCC3)cc2)CC1. The van der Waals surface area contributed by atoms with Gasteiger partial charge in [0.15, 0.2) is 0 Å². The molecule has 0 aromatic heterocycles. The van der Waals surface area contributed by atoms with Crippen molar-refractivity contribution in [1.29, 1.82) is 0 Å². The van der Waals surface area contributed by atoms with Crippen molar-refractivity contribution in [2.24, 2.45) is 5.92 Å². The minimum absolute atomic E-state index is 0.225. The summed E-state index contributed by atoms with van der Waals surface area (Å²) in [5.41, 5.74) is 1.17. The molecule has 3 rings (SSSR count). The normalized spacial score (nSPS) is 21.5. The summed E-state index contributed by atoms with van der Waals surface area (Å²) in [7, 11) is 0. The molecule has 0 spiro atoms. The Morgan fingerprint density at radius 1 is 1.25 bits per heavy atom. The third-order valence-corrected chi connectivity index (χ3v) is 6.27. The van der Waals surface area contributed by atoms with E-state index in [1.54, 1.807) is 11.8 Å². The lowest BCUT2D eigenvalue weighted by Crippen LogP contribution is -2.48. The minimum Gasteiger partial charge on any atom is -0.380 e. The van der Waals surface area contributed by atoms with E-state index in [0.717, 1.165) is 36.1 Å². The van der Waals surface area contributed by atoms with Gasteiger partial charge in [-0.1, -0.05) is 19.1 Å². The molecule has 132 valence electrons. The minimum atomic E-state index is -1.17. The second-order valence-corrected chi connectivity index (χ2v) is 8.39. The van der Waals surface area contributed by atoms with Crippen molar-refractivity contribution in [3.63, 3.8) is 0 Å². The highest BCUT2D eigenvalue weighted by molar-refractivity contribution is 7.99. The molecule has 2 aliphatic heterocycles. The van der Waals surface area contributed by atoms with Gasteiger partial charge in [-0.2, -0.15) is 11.8 Å². The number of carbonyl (C=O) groups excluding carboxylic acids is 1. The lowest BCUT2D eigenvalue weighted by Gasteiger charge is -2.32. The van der Waals surface area contributed by atoms with Crippen molar-refractivity contribution in [3.05, 3.63) is 29.8 Å². The average Bonchev–Trinajstić information content (AvgIpc) is 2.61. The van der Waals surface area contributed by atoms with Crippen LogP contribution >= 0.6 is 11.8 Å². The fourth-order valence-electron chi connectivity index (χ4n) is 3.37. The van der Waals surface area contributed by atoms with E-state index in [-0.39, 0.29) is 5.91 Å². The molecule has 0 atom stereocenters. The molecule has 0 bridgehead atoms.